The Bertz CT molecular complexity index is 556. The van der Waals surface area contributed by atoms with Crippen molar-refractivity contribution in [3.05, 3.63) is 34.0 Å². The highest BCUT2D eigenvalue weighted by molar-refractivity contribution is 6.37. The summed E-state index contributed by atoms with van der Waals surface area (Å²) in [4.78, 5) is 8.16. The van der Waals surface area contributed by atoms with E-state index in [9.17, 15) is 0 Å². The van der Waals surface area contributed by atoms with Gasteiger partial charge in [0.05, 0.1) is 22.8 Å². The Kier molecular flexibility index (Phi) is 3.93. The van der Waals surface area contributed by atoms with E-state index in [1.165, 1.54) is 0 Å². The van der Waals surface area contributed by atoms with Crippen molar-refractivity contribution >= 4 is 34.8 Å². The van der Waals surface area contributed by atoms with E-state index in [0.717, 1.165) is 12.2 Å². The van der Waals surface area contributed by atoms with Gasteiger partial charge in [0.15, 0.2) is 0 Å². The summed E-state index contributed by atoms with van der Waals surface area (Å²) in [5, 5.41) is 3.72. The molecule has 3 N–H and O–H groups in total. The lowest BCUT2D eigenvalue weighted by Gasteiger charge is -2.07. The second kappa shape index (κ2) is 5.46. The third-order valence-corrected chi connectivity index (χ3v) is 2.90. The number of anilines is 2. The van der Waals surface area contributed by atoms with Crippen LogP contribution in [0, 0.1) is 0 Å². The number of aromatic nitrogens is 2. The van der Waals surface area contributed by atoms with Crippen LogP contribution >= 0.6 is 23.2 Å². The average molecular weight is 287 g/mol. The number of nitrogens with zero attached hydrogens (tertiary/aromatic N) is 2. The molecule has 0 aromatic carbocycles. The highest BCUT2D eigenvalue weighted by atomic mass is 35.5. The van der Waals surface area contributed by atoms with Crippen molar-refractivity contribution in [2.75, 3.05) is 11.1 Å². The van der Waals surface area contributed by atoms with Crippen LogP contribution in [-0.2, 0) is 13.0 Å². The van der Waals surface area contributed by atoms with Crippen LogP contribution in [0.25, 0.3) is 0 Å². The number of aryl methyl sites for hydroxylation is 1. The molecule has 0 radical (unpaired) electrons. The second-order valence-electron chi connectivity index (χ2n) is 3.61. The molecule has 5 nitrogen and oxygen atoms in total. The number of nitrogen functional groups attached to an aromatic ring is 1. The SMILES string of the molecule is CCc1cnc(CNc2nc(N)c(Cl)cc2Cl)o1. The number of nitrogens with one attached hydrogen (secondary N) is 1. The molecule has 0 atom stereocenters. The summed E-state index contributed by atoms with van der Waals surface area (Å²) in [6.45, 7) is 2.38. The molecule has 0 amide bonds. The summed E-state index contributed by atoms with van der Waals surface area (Å²) in [6, 6.07) is 1.54. The Labute approximate surface area is 114 Å². The van der Waals surface area contributed by atoms with E-state index in [4.69, 9.17) is 33.4 Å². The van der Waals surface area contributed by atoms with Crippen molar-refractivity contribution in [3.63, 3.8) is 0 Å². The van der Waals surface area contributed by atoms with Crippen molar-refractivity contribution in [2.24, 2.45) is 0 Å². The predicted octanol–water partition coefficient (Wildman–Crippen LogP) is 3.13. The number of pyridine rings is 1. The molecule has 96 valence electrons. The molecule has 0 aliphatic carbocycles. The van der Waals surface area contributed by atoms with Crippen molar-refractivity contribution < 1.29 is 4.42 Å². The van der Waals surface area contributed by atoms with Crippen LogP contribution < -0.4 is 11.1 Å². The van der Waals surface area contributed by atoms with Crippen LogP contribution in [0.2, 0.25) is 10.0 Å². The van der Waals surface area contributed by atoms with Crippen LogP contribution in [0.1, 0.15) is 18.6 Å². The molecule has 0 fully saturated rings. The number of oxazole rings is 1. The molecule has 2 rings (SSSR count). The third kappa shape index (κ3) is 2.86. The van der Waals surface area contributed by atoms with Gasteiger partial charge in [-0.2, -0.15) is 0 Å². The average Bonchev–Trinajstić information content (AvgIpc) is 2.80. The maximum Gasteiger partial charge on any atom is 0.213 e. The van der Waals surface area contributed by atoms with Gasteiger partial charge in [-0.15, -0.1) is 0 Å². The molecule has 0 saturated carbocycles. The van der Waals surface area contributed by atoms with Gasteiger partial charge in [-0.25, -0.2) is 9.97 Å². The van der Waals surface area contributed by atoms with E-state index < -0.39 is 0 Å². The van der Waals surface area contributed by atoms with Crippen molar-refractivity contribution in [1.82, 2.24) is 9.97 Å². The third-order valence-electron chi connectivity index (χ3n) is 2.31. The van der Waals surface area contributed by atoms with E-state index in [-0.39, 0.29) is 5.82 Å². The molecule has 2 aromatic heterocycles. The molecule has 0 bridgehead atoms. The topological polar surface area (TPSA) is 77.0 Å². The molecule has 7 heteroatoms. The van der Waals surface area contributed by atoms with Crippen LogP contribution in [0.3, 0.4) is 0 Å². The molecule has 0 unspecified atom stereocenters. The molecular formula is C11H12Cl2N4O. The van der Waals surface area contributed by atoms with Gasteiger partial charge in [0, 0.05) is 6.42 Å². The smallest absolute Gasteiger partial charge is 0.213 e. The summed E-state index contributed by atoms with van der Waals surface area (Å²) in [5.74, 6) is 2.08. The normalized spacial score (nSPS) is 10.6. The van der Waals surface area contributed by atoms with Gasteiger partial charge >= 0.3 is 0 Å². The van der Waals surface area contributed by atoms with E-state index in [1.54, 1.807) is 12.3 Å². The molecule has 0 aliphatic heterocycles. The van der Waals surface area contributed by atoms with Crippen LogP contribution in [0.15, 0.2) is 16.7 Å². The van der Waals surface area contributed by atoms with Gasteiger partial charge in [0.1, 0.15) is 17.4 Å². The zero-order chi connectivity index (χ0) is 13.1. The Balaban J connectivity index is 2.08. The first-order valence-electron chi connectivity index (χ1n) is 5.39. The first kappa shape index (κ1) is 13.0. The minimum Gasteiger partial charge on any atom is -0.444 e. The highest BCUT2D eigenvalue weighted by Crippen LogP contribution is 2.27. The Morgan fingerprint density at radius 2 is 2.17 bits per heavy atom. The van der Waals surface area contributed by atoms with Crippen LogP contribution in [-0.4, -0.2) is 9.97 Å². The van der Waals surface area contributed by atoms with Gasteiger partial charge < -0.3 is 15.5 Å². The van der Waals surface area contributed by atoms with Gasteiger partial charge in [0.25, 0.3) is 0 Å². The first-order valence-corrected chi connectivity index (χ1v) is 6.14. The summed E-state index contributed by atoms with van der Waals surface area (Å²) in [7, 11) is 0. The maximum absolute atomic E-state index is 5.98. The predicted molar refractivity (Wildman–Crippen MR) is 71.9 cm³/mol. The number of rotatable bonds is 4. The lowest BCUT2D eigenvalue weighted by molar-refractivity contribution is 0.465. The minimum atomic E-state index is 0.227. The lowest BCUT2D eigenvalue weighted by atomic mass is 10.4. The summed E-state index contributed by atoms with van der Waals surface area (Å²) in [6.07, 6.45) is 2.50. The maximum atomic E-state index is 5.98. The fourth-order valence-electron chi connectivity index (χ4n) is 1.36. The van der Waals surface area contributed by atoms with Gasteiger partial charge in [-0.1, -0.05) is 30.1 Å². The molecule has 0 aliphatic rings. The van der Waals surface area contributed by atoms with Crippen LogP contribution in [0.5, 0.6) is 0 Å². The number of halogens is 2. The zero-order valence-electron chi connectivity index (χ0n) is 9.70. The molecule has 0 spiro atoms. The van der Waals surface area contributed by atoms with E-state index in [2.05, 4.69) is 15.3 Å². The Hall–Kier alpha value is -1.46. The molecular weight excluding hydrogens is 275 g/mol. The van der Waals surface area contributed by atoms with Gasteiger partial charge in [-0.05, 0) is 6.07 Å². The zero-order valence-corrected chi connectivity index (χ0v) is 11.2. The number of hydrogen-bond acceptors (Lipinski definition) is 5. The first-order chi connectivity index (χ1) is 8.60. The van der Waals surface area contributed by atoms with E-state index in [1.807, 2.05) is 6.92 Å². The molecule has 18 heavy (non-hydrogen) atoms. The standard InChI is InChI=1S/C11H12Cl2N4O/c1-2-6-4-15-9(18-6)5-16-11-8(13)3-7(12)10(14)17-11/h3-4H,2,5H2,1H3,(H3,14,16,17). The minimum absolute atomic E-state index is 0.227. The fourth-order valence-corrected chi connectivity index (χ4v) is 1.78. The fraction of sp³-hybridized carbons (Fsp3) is 0.273. The molecule has 0 saturated heterocycles. The summed E-state index contributed by atoms with van der Waals surface area (Å²) < 4.78 is 5.45. The number of nitrogens with two attached hydrogens (primary N) is 1. The monoisotopic (exact) mass is 286 g/mol. The van der Waals surface area contributed by atoms with Gasteiger partial charge in [-0.3, -0.25) is 0 Å². The van der Waals surface area contributed by atoms with E-state index in [0.29, 0.717) is 28.3 Å². The van der Waals surface area contributed by atoms with Gasteiger partial charge in [0.2, 0.25) is 5.89 Å². The Morgan fingerprint density at radius 3 is 2.83 bits per heavy atom. The van der Waals surface area contributed by atoms with E-state index >= 15 is 0 Å². The largest absolute Gasteiger partial charge is 0.444 e. The van der Waals surface area contributed by atoms with Crippen molar-refractivity contribution in [3.8, 4) is 0 Å². The van der Waals surface area contributed by atoms with Crippen LogP contribution in [0.4, 0.5) is 11.6 Å². The molecule has 2 aromatic rings. The summed E-state index contributed by atoms with van der Waals surface area (Å²) >= 11 is 11.8. The Morgan fingerprint density at radius 1 is 1.39 bits per heavy atom. The number of hydrogen-bond donors (Lipinski definition) is 2. The highest BCUT2D eigenvalue weighted by Gasteiger charge is 2.08. The second-order valence-corrected chi connectivity index (χ2v) is 4.43. The molecule has 2 heterocycles. The van der Waals surface area contributed by atoms with Crippen molar-refractivity contribution in [1.29, 1.82) is 0 Å². The summed E-state index contributed by atoms with van der Waals surface area (Å²) in [5.41, 5.74) is 5.60. The lowest BCUT2D eigenvalue weighted by Crippen LogP contribution is -2.04. The quantitative estimate of drug-likeness (QED) is 0.903. The van der Waals surface area contributed by atoms with Crippen molar-refractivity contribution in [2.45, 2.75) is 19.9 Å².